The summed E-state index contributed by atoms with van der Waals surface area (Å²) in [5.41, 5.74) is 0. The van der Waals surface area contributed by atoms with Crippen molar-refractivity contribution in [3.05, 3.63) is 11.8 Å². The van der Waals surface area contributed by atoms with Gasteiger partial charge in [0, 0.05) is 19.2 Å². The summed E-state index contributed by atoms with van der Waals surface area (Å²) in [6.45, 7) is 7.39. The van der Waals surface area contributed by atoms with Crippen LogP contribution in [0.3, 0.4) is 0 Å². The Morgan fingerprint density at radius 2 is 2.36 bits per heavy atom. The van der Waals surface area contributed by atoms with Crippen molar-refractivity contribution >= 4 is 29.4 Å². The molecule has 2 rings (SSSR count). The highest BCUT2D eigenvalue weighted by atomic mass is 32.2. The number of amides is 2. The van der Waals surface area contributed by atoms with Gasteiger partial charge in [-0.2, -0.15) is 0 Å². The van der Waals surface area contributed by atoms with Crippen molar-refractivity contribution in [3.8, 4) is 0 Å². The Balaban J connectivity index is 1.75. The summed E-state index contributed by atoms with van der Waals surface area (Å²) in [4.78, 5) is 26.1. The van der Waals surface area contributed by atoms with Crippen molar-refractivity contribution in [2.24, 2.45) is 5.92 Å². The van der Waals surface area contributed by atoms with Gasteiger partial charge in [-0.25, -0.2) is 0 Å². The van der Waals surface area contributed by atoms with Crippen molar-refractivity contribution in [1.82, 2.24) is 10.1 Å². The maximum absolute atomic E-state index is 12.2. The Morgan fingerprint density at radius 3 is 3.00 bits per heavy atom. The summed E-state index contributed by atoms with van der Waals surface area (Å²) < 4.78 is 4.90. The minimum atomic E-state index is -0.317. The summed E-state index contributed by atoms with van der Waals surface area (Å²) in [5, 5.41) is 6.09. The average molecular weight is 325 g/mol. The molecule has 22 heavy (non-hydrogen) atoms. The van der Waals surface area contributed by atoms with Gasteiger partial charge in [0.2, 0.25) is 11.8 Å². The van der Waals surface area contributed by atoms with E-state index in [0.29, 0.717) is 23.2 Å². The van der Waals surface area contributed by atoms with Crippen LogP contribution < -0.4 is 5.32 Å². The van der Waals surface area contributed by atoms with E-state index >= 15 is 0 Å². The SMILES string of the molecule is Cc1cc(NC(=O)C(C)SCC(=O)N2CCCC(C)C2)no1. The van der Waals surface area contributed by atoms with Crippen molar-refractivity contribution < 1.29 is 14.1 Å². The van der Waals surface area contributed by atoms with Gasteiger partial charge < -0.3 is 14.7 Å². The zero-order valence-electron chi connectivity index (χ0n) is 13.3. The first-order valence-electron chi connectivity index (χ1n) is 7.59. The molecule has 6 nitrogen and oxygen atoms in total. The van der Waals surface area contributed by atoms with Gasteiger partial charge in [-0.05, 0) is 32.6 Å². The number of nitrogens with one attached hydrogen (secondary N) is 1. The van der Waals surface area contributed by atoms with E-state index in [-0.39, 0.29) is 17.1 Å². The number of aromatic nitrogens is 1. The molecule has 2 amide bonds. The highest BCUT2D eigenvalue weighted by molar-refractivity contribution is 8.01. The van der Waals surface area contributed by atoms with Crippen LogP contribution in [0.25, 0.3) is 0 Å². The minimum absolute atomic E-state index is 0.119. The molecule has 2 unspecified atom stereocenters. The molecule has 1 aromatic rings. The Bertz CT molecular complexity index is 532. The first-order valence-corrected chi connectivity index (χ1v) is 8.64. The van der Waals surface area contributed by atoms with Crippen molar-refractivity contribution in [2.45, 2.75) is 38.9 Å². The molecule has 1 aliphatic heterocycles. The van der Waals surface area contributed by atoms with Crippen LogP contribution in [0.4, 0.5) is 5.82 Å². The van der Waals surface area contributed by atoms with E-state index in [1.165, 1.54) is 18.2 Å². The van der Waals surface area contributed by atoms with Crippen LogP contribution >= 0.6 is 11.8 Å². The van der Waals surface area contributed by atoms with Crippen LogP contribution in [0.5, 0.6) is 0 Å². The molecular weight excluding hydrogens is 302 g/mol. The number of piperidine rings is 1. The first kappa shape index (κ1) is 16.9. The van der Waals surface area contributed by atoms with Crippen molar-refractivity contribution in [1.29, 1.82) is 0 Å². The number of thioether (sulfide) groups is 1. The number of aryl methyl sites for hydroxylation is 1. The summed E-state index contributed by atoms with van der Waals surface area (Å²) >= 11 is 1.35. The normalized spacial score (nSPS) is 19.8. The molecule has 1 saturated heterocycles. The molecule has 2 heterocycles. The molecule has 0 aliphatic carbocycles. The molecule has 7 heteroatoms. The summed E-state index contributed by atoms with van der Waals surface area (Å²) in [6, 6.07) is 1.66. The third kappa shape index (κ3) is 4.76. The fraction of sp³-hybridized carbons (Fsp3) is 0.667. The molecule has 122 valence electrons. The second kappa shape index (κ2) is 7.67. The second-order valence-corrected chi connectivity index (χ2v) is 7.18. The van der Waals surface area contributed by atoms with Crippen LogP contribution in [-0.4, -0.2) is 46.0 Å². The predicted molar refractivity (Wildman–Crippen MR) is 86.8 cm³/mol. The van der Waals surface area contributed by atoms with Crippen LogP contribution in [0, 0.1) is 12.8 Å². The lowest BCUT2D eigenvalue weighted by molar-refractivity contribution is -0.130. The fourth-order valence-electron chi connectivity index (χ4n) is 2.43. The standard InChI is InChI=1S/C15H23N3O3S/c1-10-5-4-6-18(8-10)14(19)9-22-12(3)15(20)16-13-7-11(2)21-17-13/h7,10,12H,4-6,8-9H2,1-3H3,(H,16,17,20). The Labute approximate surface area is 135 Å². The fourth-order valence-corrected chi connectivity index (χ4v) is 3.22. The molecule has 0 spiro atoms. The summed E-state index contributed by atoms with van der Waals surface area (Å²) in [7, 11) is 0. The lowest BCUT2D eigenvalue weighted by Gasteiger charge is -2.31. The number of rotatable bonds is 5. The van der Waals surface area contributed by atoms with E-state index in [1.54, 1.807) is 19.9 Å². The van der Waals surface area contributed by atoms with E-state index in [0.717, 1.165) is 19.5 Å². The molecule has 1 fully saturated rings. The van der Waals surface area contributed by atoms with Gasteiger partial charge in [0.05, 0.1) is 11.0 Å². The van der Waals surface area contributed by atoms with Gasteiger partial charge in [0.15, 0.2) is 5.82 Å². The van der Waals surface area contributed by atoms with Crippen molar-refractivity contribution in [3.63, 3.8) is 0 Å². The van der Waals surface area contributed by atoms with E-state index in [1.807, 2.05) is 4.90 Å². The predicted octanol–water partition coefficient (Wildman–Crippen LogP) is 2.30. The summed E-state index contributed by atoms with van der Waals surface area (Å²) in [6.07, 6.45) is 2.26. The van der Waals surface area contributed by atoms with Crippen LogP contribution in [0.15, 0.2) is 10.6 Å². The maximum Gasteiger partial charge on any atom is 0.238 e. The topological polar surface area (TPSA) is 75.4 Å². The molecule has 2 atom stereocenters. The third-order valence-electron chi connectivity index (χ3n) is 3.71. The van der Waals surface area contributed by atoms with Gasteiger partial charge in [-0.1, -0.05) is 12.1 Å². The average Bonchev–Trinajstić information content (AvgIpc) is 2.89. The highest BCUT2D eigenvalue weighted by Gasteiger charge is 2.23. The highest BCUT2D eigenvalue weighted by Crippen LogP contribution is 2.19. The number of carbonyl (C=O) groups excluding carboxylic acids is 2. The van der Waals surface area contributed by atoms with Gasteiger partial charge >= 0.3 is 0 Å². The third-order valence-corrected chi connectivity index (χ3v) is 4.84. The Morgan fingerprint density at radius 1 is 1.59 bits per heavy atom. The lowest BCUT2D eigenvalue weighted by atomic mass is 10.0. The van der Waals surface area contributed by atoms with Crippen LogP contribution in [0.2, 0.25) is 0 Å². The number of nitrogens with zero attached hydrogens (tertiary/aromatic N) is 2. The van der Waals surface area contributed by atoms with Gasteiger partial charge in [-0.15, -0.1) is 11.8 Å². The molecular formula is C15H23N3O3S. The van der Waals surface area contributed by atoms with E-state index in [9.17, 15) is 9.59 Å². The Hall–Kier alpha value is -1.50. The number of hydrogen-bond donors (Lipinski definition) is 1. The van der Waals surface area contributed by atoms with Gasteiger partial charge in [-0.3, -0.25) is 9.59 Å². The molecule has 1 N–H and O–H groups in total. The van der Waals surface area contributed by atoms with E-state index in [2.05, 4.69) is 17.4 Å². The number of carbonyl (C=O) groups is 2. The van der Waals surface area contributed by atoms with Crippen LogP contribution in [0.1, 0.15) is 32.4 Å². The Kier molecular flexibility index (Phi) is 5.88. The minimum Gasteiger partial charge on any atom is -0.360 e. The van der Waals surface area contributed by atoms with E-state index < -0.39 is 0 Å². The quantitative estimate of drug-likeness (QED) is 0.899. The number of likely N-dealkylation sites (tertiary alicyclic amines) is 1. The first-order chi connectivity index (χ1) is 10.5. The smallest absolute Gasteiger partial charge is 0.238 e. The number of anilines is 1. The van der Waals surface area contributed by atoms with E-state index in [4.69, 9.17) is 4.52 Å². The molecule has 0 saturated carbocycles. The maximum atomic E-state index is 12.2. The van der Waals surface area contributed by atoms with Gasteiger partial charge in [0.1, 0.15) is 5.76 Å². The zero-order chi connectivity index (χ0) is 16.1. The van der Waals surface area contributed by atoms with Crippen LogP contribution in [-0.2, 0) is 9.59 Å². The van der Waals surface area contributed by atoms with Gasteiger partial charge in [0.25, 0.3) is 0 Å². The molecule has 1 aromatic heterocycles. The monoisotopic (exact) mass is 325 g/mol. The largest absolute Gasteiger partial charge is 0.360 e. The molecule has 0 aromatic carbocycles. The zero-order valence-corrected chi connectivity index (χ0v) is 14.1. The molecule has 0 radical (unpaired) electrons. The molecule has 0 bridgehead atoms. The van der Waals surface area contributed by atoms with Crippen molar-refractivity contribution in [2.75, 3.05) is 24.2 Å². The molecule has 1 aliphatic rings. The lowest BCUT2D eigenvalue weighted by Crippen LogP contribution is -2.40. The summed E-state index contributed by atoms with van der Waals surface area (Å²) in [5.74, 6) is 1.90. The second-order valence-electron chi connectivity index (χ2n) is 5.85. The number of hydrogen-bond acceptors (Lipinski definition) is 5.